The normalized spacial score (nSPS) is 9.88. The molecule has 1 aromatic rings. The van der Waals surface area contributed by atoms with Gasteiger partial charge in [-0.2, -0.15) is 4.98 Å². The summed E-state index contributed by atoms with van der Waals surface area (Å²) in [6, 6.07) is 0. The lowest BCUT2D eigenvalue weighted by Gasteiger charge is -1.77. The largest absolute Gasteiger partial charge is 0.245 e. The van der Waals surface area contributed by atoms with Crippen molar-refractivity contribution in [3.8, 4) is 0 Å². The lowest BCUT2D eigenvalue weighted by atomic mass is 11.3. The molecule has 0 aromatic carbocycles. The number of hydrogen-bond donors (Lipinski definition) is 0. The number of aromatic nitrogens is 3. The highest BCUT2D eigenvalue weighted by Gasteiger charge is 2.00. The molecular weight excluding hydrogens is 172 g/mol. The molecular formula is C2Cl3N3. The monoisotopic (exact) mass is 171 g/mol. The summed E-state index contributed by atoms with van der Waals surface area (Å²) in [7, 11) is 0. The van der Waals surface area contributed by atoms with Crippen molar-refractivity contribution in [2.75, 3.05) is 0 Å². The molecule has 0 aliphatic heterocycles. The fourth-order valence-electron chi connectivity index (χ4n) is 0.253. The predicted octanol–water partition coefficient (Wildman–Crippen LogP) is 1.59. The van der Waals surface area contributed by atoms with Gasteiger partial charge >= 0.3 is 0 Å². The minimum atomic E-state index is 0.0463. The van der Waals surface area contributed by atoms with Crippen LogP contribution in [-0.4, -0.2) is 14.3 Å². The van der Waals surface area contributed by atoms with E-state index < -0.39 is 0 Å². The van der Waals surface area contributed by atoms with Crippen LogP contribution < -0.4 is 0 Å². The topological polar surface area (TPSA) is 30.7 Å². The number of nitrogens with zero attached hydrogens (tertiary/aromatic N) is 3. The first-order valence-electron chi connectivity index (χ1n) is 1.64. The first-order valence-corrected chi connectivity index (χ1v) is 2.74. The standard InChI is InChI=1S/C2Cl3N3/c3-1-6-2(4)8(5)7-1. The van der Waals surface area contributed by atoms with Crippen molar-refractivity contribution >= 4 is 35.0 Å². The zero-order chi connectivity index (χ0) is 6.15. The fraction of sp³-hybridized carbons (Fsp3) is 0. The molecule has 0 atom stereocenters. The average molecular weight is 172 g/mol. The first kappa shape index (κ1) is 6.13. The van der Waals surface area contributed by atoms with E-state index in [1.807, 2.05) is 0 Å². The van der Waals surface area contributed by atoms with Crippen molar-refractivity contribution in [1.29, 1.82) is 0 Å². The number of hydrogen-bond acceptors (Lipinski definition) is 2. The Bertz CT molecular complexity index is 175. The van der Waals surface area contributed by atoms with E-state index in [4.69, 9.17) is 35.0 Å². The molecule has 1 aromatic heterocycles. The van der Waals surface area contributed by atoms with Crippen molar-refractivity contribution in [2.24, 2.45) is 0 Å². The molecule has 0 fully saturated rings. The van der Waals surface area contributed by atoms with Gasteiger partial charge in [-0.1, -0.05) is 0 Å². The van der Waals surface area contributed by atoms with Crippen molar-refractivity contribution in [1.82, 2.24) is 14.3 Å². The Morgan fingerprint density at radius 2 is 2.00 bits per heavy atom. The van der Waals surface area contributed by atoms with Gasteiger partial charge in [0.05, 0.1) is 0 Å². The third kappa shape index (κ3) is 1.05. The van der Waals surface area contributed by atoms with Gasteiger partial charge in [-0.05, 0) is 23.2 Å². The van der Waals surface area contributed by atoms with E-state index in [1.54, 1.807) is 0 Å². The Balaban J connectivity index is 3.14. The van der Waals surface area contributed by atoms with Crippen LogP contribution in [0.15, 0.2) is 0 Å². The van der Waals surface area contributed by atoms with Crippen molar-refractivity contribution in [3.05, 3.63) is 10.6 Å². The molecule has 0 aliphatic rings. The van der Waals surface area contributed by atoms with Crippen LogP contribution in [0.4, 0.5) is 0 Å². The van der Waals surface area contributed by atoms with E-state index in [0.717, 1.165) is 4.20 Å². The summed E-state index contributed by atoms with van der Waals surface area (Å²) < 4.78 is 0.865. The van der Waals surface area contributed by atoms with Crippen LogP contribution in [0.3, 0.4) is 0 Å². The Labute approximate surface area is 60.3 Å². The van der Waals surface area contributed by atoms with E-state index in [1.165, 1.54) is 0 Å². The maximum atomic E-state index is 5.30. The molecule has 0 amide bonds. The molecule has 3 nitrogen and oxygen atoms in total. The smallest absolute Gasteiger partial charge is 0.185 e. The molecule has 0 aliphatic carbocycles. The summed E-state index contributed by atoms with van der Waals surface area (Å²) in [5.41, 5.74) is 0. The molecule has 1 rings (SSSR count). The molecule has 0 radical (unpaired) electrons. The van der Waals surface area contributed by atoms with Crippen molar-refractivity contribution < 1.29 is 0 Å². The van der Waals surface area contributed by atoms with Crippen LogP contribution in [-0.2, 0) is 0 Å². The number of halogens is 3. The minimum absolute atomic E-state index is 0.0463. The average Bonchev–Trinajstić information content (AvgIpc) is 1.85. The van der Waals surface area contributed by atoms with E-state index in [9.17, 15) is 0 Å². The Morgan fingerprint density at radius 1 is 1.38 bits per heavy atom. The zero-order valence-corrected chi connectivity index (χ0v) is 5.74. The highest BCUT2D eigenvalue weighted by molar-refractivity contribution is 6.33. The summed E-state index contributed by atoms with van der Waals surface area (Å²) in [5.74, 6) is 0. The van der Waals surface area contributed by atoms with Gasteiger partial charge < -0.3 is 0 Å². The highest BCUT2D eigenvalue weighted by atomic mass is 35.5. The Kier molecular flexibility index (Phi) is 1.60. The van der Waals surface area contributed by atoms with Gasteiger partial charge in [-0.3, -0.25) is 0 Å². The molecule has 0 spiro atoms. The van der Waals surface area contributed by atoms with Crippen LogP contribution in [0.2, 0.25) is 10.6 Å². The molecule has 8 heavy (non-hydrogen) atoms. The van der Waals surface area contributed by atoms with Gasteiger partial charge in [0.15, 0.2) is 0 Å². The van der Waals surface area contributed by atoms with Crippen LogP contribution >= 0.6 is 35.0 Å². The summed E-state index contributed by atoms with van der Waals surface area (Å²) in [4.78, 5) is 3.46. The van der Waals surface area contributed by atoms with Crippen LogP contribution in [0, 0.1) is 0 Å². The van der Waals surface area contributed by atoms with Crippen molar-refractivity contribution in [2.45, 2.75) is 0 Å². The van der Waals surface area contributed by atoms with E-state index >= 15 is 0 Å². The summed E-state index contributed by atoms with van der Waals surface area (Å²) >= 11 is 15.8. The molecule has 1 heterocycles. The van der Waals surface area contributed by atoms with Gasteiger partial charge in [-0.25, -0.2) is 0 Å². The third-order valence-electron chi connectivity index (χ3n) is 0.507. The van der Waals surface area contributed by atoms with E-state index in [2.05, 4.69) is 10.1 Å². The molecule has 6 heteroatoms. The molecule has 0 saturated heterocycles. The maximum Gasteiger partial charge on any atom is 0.245 e. The van der Waals surface area contributed by atoms with Gasteiger partial charge in [0, 0.05) is 11.8 Å². The minimum Gasteiger partial charge on any atom is -0.185 e. The maximum absolute atomic E-state index is 5.30. The fourth-order valence-corrected chi connectivity index (χ4v) is 0.718. The summed E-state index contributed by atoms with van der Waals surface area (Å²) in [6.45, 7) is 0. The van der Waals surface area contributed by atoms with Crippen LogP contribution in [0.1, 0.15) is 0 Å². The molecule has 0 saturated carbocycles. The Hall–Kier alpha value is 0.01000. The second-order valence-corrected chi connectivity index (χ2v) is 2.01. The Morgan fingerprint density at radius 3 is 2.12 bits per heavy atom. The quantitative estimate of drug-likeness (QED) is 0.595. The second kappa shape index (κ2) is 2.09. The van der Waals surface area contributed by atoms with Crippen LogP contribution in [0.25, 0.3) is 0 Å². The second-order valence-electron chi connectivity index (χ2n) is 1.01. The van der Waals surface area contributed by atoms with Gasteiger partial charge in [0.1, 0.15) is 0 Å². The predicted molar refractivity (Wildman–Crippen MR) is 31.3 cm³/mol. The molecule has 0 N–H and O–H groups in total. The van der Waals surface area contributed by atoms with Crippen LogP contribution in [0.5, 0.6) is 0 Å². The van der Waals surface area contributed by atoms with Crippen molar-refractivity contribution in [3.63, 3.8) is 0 Å². The first-order chi connectivity index (χ1) is 3.70. The van der Waals surface area contributed by atoms with E-state index in [0.29, 0.717) is 0 Å². The lowest BCUT2D eigenvalue weighted by molar-refractivity contribution is 0.994. The molecule has 0 unspecified atom stereocenters. The highest BCUT2D eigenvalue weighted by Crippen LogP contribution is 2.09. The molecule has 44 valence electrons. The van der Waals surface area contributed by atoms with E-state index in [-0.39, 0.29) is 10.6 Å². The number of rotatable bonds is 0. The van der Waals surface area contributed by atoms with Gasteiger partial charge in [0.25, 0.3) is 0 Å². The SMILES string of the molecule is Clc1nc(Cl)n(Cl)n1. The molecule has 0 bridgehead atoms. The van der Waals surface area contributed by atoms with Gasteiger partial charge in [0.2, 0.25) is 10.6 Å². The third-order valence-corrected chi connectivity index (χ3v) is 1.23. The van der Waals surface area contributed by atoms with Gasteiger partial charge in [-0.15, -0.1) is 9.30 Å². The zero-order valence-electron chi connectivity index (χ0n) is 3.48. The summed E-state index contributed by atoms with van der Waals surface area (Å²) in [6.07, 6.45) is 0. The summed E-state index contributed by atoms with van der Waals surface area (Å²) in [5, 5.41) is 3.53. The lowest BCUT2D eigenvalue weighted by Crippen LogP contribution is -1.79.